The Morgan fingerprint density at radius 1 is 0.357 bits per heavy atom. The maximum atomic E-state index is 2.52. The van der Waals surface area contributed by atoms with E-state index in [1.54, 1.807) is 0 Å². The predicted molar refractivity (Wildman–Crippen MR) is 240 cm³/mol. The summed E-state index contributed by atoms with van der Waals surface area (Å²) in [5.41, 5.74) is 11.1. The van der Waals surface area contributed by atoms with Gasteiger partial charge in [0, 0.05) is 22.4 Å². The summed E-state index contributed by atoms with van der Waals surface area (Å²) in [5, 5.41) is 15.5. The summed E-state index contributed by atoms with van der Waals surface area (Å²) in [6.45, 7) is 4.74. The molecular weight excluding hydrogens is 675 g/mol. The van der Waals surface area contributed by atoms with E-state index >= 15 is 0 Å². The maximum absolute atomic E-state index is 2.52. The summed E-state index contributed by atoms with van der Waals surface area (Å²) in [5.74, 6) is 0. The highest BCUT2D eigenvalue weighted by molar-refractivity contribution is 6.37. The van der Waals surface area contributed by atoms with Crippen molar-refractivity contribution in [1.82, 2.24) is 0 Å². The second kappa shape index (κ2) is 11.5. The molecule has 0 heterocycles. The molecule has 1 heteroatoms. The molecular formula is C55H37N. The normalized spacial score (nSPS) is 13.3. The van der Waals surface area contributed by atoms with E-state index in [1.807, 2.05) is 0 Å². The van der Waals surface area contributed by atoms with Gasteiger partial charge in [0.1, 0.15) is 0 Å². The molecule has 0 amide bonds. The zero-order valence-corrected chi connectivity index (χ0v) is 31.3. The molecule has 0 saturated heterocycles. The van der Waals surface area contributed by atoms with Gasteiger partial charge in [0.15, 0.2) is 0 Å². The lowest BCUT2D eigenvalue weighted by Gasteiger charge is -2.30. The molecule has 0 radical (unpaired) electrons. The van der Waals surface area contributed by atoms with Gasteiger partial charge < -0.3 is 4.90 Å². The number of anilines is 3. The van der Waals surface area contributed by atoms with E-state index in [0.29, 0.717) is 0 Å². The molecule has 11 aromatic carbocycles. The van der Waals surface area contributed by atoms with Crippen LogP contribution in [0.25, 0.3) is 86.9 Å². The van der Waals surface area contributed by atoms with Gasteiger partial charge in [-0.15, -0.1) is 0 Å². The van der Waals surface area contributed by atoms with E-state index in [-0.39, 0.29) is 5.41 Å². The Labute approximate surface area is 326 Å². The molecule has 12 rings (SSSR count). The highest BCUT2D eigenvalue weighted by Gasteiger charge is 2.37. The third-order valence-corrected chi connectivity index (χ3v) is 12.7. The summed E-state index contributed by atoms with van der Waals surface area (Å²) >= 11 is 0. The first kappa shape index (κ1) is 31.4. The SMILES string of the molecule is CC1(C)c2ccccc2-c2c(N(c3ccc(-c4ccccc4)cc3)c3cc4ccc5cccc6c7cccc8ccc9cccc(c(c3)c4c56)c9c87)cccc21. The smallest absolute Gasteiger partial charge is 0.0543 e. The minimum Gasteiger partial charge on any atom is -0.310 e. The standard InChI is InChI=1S/C55H37N/c1-55(2)47-21-7-6-17-45(47)54-48(55)22-11-23-49(54)56(40-30-28-35(29-31-40)34-12-4-3-5-13-34)41-32-39-27-26-38-15-9-19-43-42-18-8-14-36-24-25-37-16-10-20-44(52(37)50(36)42)46(33-41)53(39)51(38)43/h3-33H,1-2H3. The van der Waals surface area contributed by atoms with Crippen LogP contribution in [0.5, 0.6) is 0 Å². The number of benzene rings is 10. The van der Waals surface area contributed by atoms with Gasteiger partial charge in [-0.25, -0.2) is 0 Å². The molecule has 0 N–H and O–H groups in total. The fourth-order valence-electron chi connectivity index (χ4n) is 10.2. The minimum absolute atomic E-state index is 0.118. The predicted octanol–water partition coefficient (Wildman–Crippen LogP) is 15.5. The Morgan fingerprint density at radius 2 is 0.875 bits per heavy atom. The highest BCUT2D eigenvalue weighted by Crippen LogP contribution is 2.55. The maximum Gasteiger partial charge on any atom is 0.0543 e. The fourth-order valence-corrected chi connectivity index (χ4v) is 10.2. The van der Waals surface area contributed by atoms with E-state index in [2.05, 4.69) is 207 Å². The Hall–Kier alpha value is -6.96. The minimum atomic E-state index is -0.118. The van der Waals surface area contributed by atoms with Crippen molar-refractivity contribution in [2.45, 2.75) is 19.3 Å². The van der Waals surface area contributed by atoms with Crippen LogP contribution in [0.1, 0.15) is 25.0 Å². The van der Waals surface area contributed by atoms with Crippen LogP contribution in [-0.2, 0) is 5.41 Å². The average molecular weight is 712 g/mol. The first-order valence-electron chi connectivity index (χ1n) is 19.7. The third-order valence-electron chi connectivity index (χ3n) is 12.7. The van der Waals surface area contributed by atoms with Crippen molar-refractivity contribution in [2.75, 3.05) is 4.90 Å². The van der Waals surface area contributed by atoms with Crippen LogP contribution in [0.3, 0.4) is 0 Å². The van der Waals surface area contributed by atoms with Crippen molar-refractivity contribution < 1.29 is 0 Å². The summed E-state index contributed by atoms with van der Waals surface area (Å²) in [7, 11) is 0. The Balaban J connectivity index is 1.23. The van der Waals surface area contributed by atoms with E-state index in [1.165, 1.54) is 104 Å². The number of fused-ring (bicyclic) bond motifs is 5. The molecule has 0 spiro atoms. The zero-order valence-electron chi connectivity index (χ0n) is 31.3. The molecule has 0 bridgehead atoms. The largest absolute Gasteiger partial charge is 0.310 e. The van der Waals surface area contributed by atoms with Crippen molar-refractivity contribution in [3.63, 3.8) is 0 Å². The molecule has 0 unspecified atom stereocenters. The van der Waals surface area contributed by atoms with Crippen molar-refractivity contribution in [3.8, 4) is 22.3 Å². The Morgan fingerprint density at radius 3 is 1.54 bits per heavy atom. The van der Waals surface area contributed by atoms with E-state index in [0.717, 1.165) is 11.4 Å². The summed E-state index contributed by atoms with van der Waals surface area (Å²) < 4.78 is 0. The van der Waals surface area contributed by atoms with Crippen LogP contribution in [0.2, 0.25) is 0 Å². The average Bonchev–Trinajstić information content (AvgIpc) is 3.49. The van der Waals surface area contributed by atoms with Crippen LogP contribution in [0.15, 0.2) is 188 Å². The van der Waals surface area contributed by atoms with Crippen LogP contribution >= 0.6 is 0 Å². The van der Waals surface area contributed by atoms with Gasteiger partial charge in [-0.1, -0.05) is 172 Å². The lowest BCUT2D eigenvalue weighted by atomic mass is 9.82. The molecule has 11 aromatic rings. The monoisotopic (exact) mass is 711 g/mol. The molecule has 1 aliphatic carbocycles. The first-order chi connectivity index (χ1) is 27.5. The van der Waals surface area contributed by atoms with Crippen LogP contribution in [-0.4, -0.2) is 0 Å². The van der Waals surface area contributed by atoms with Crippen molar-refractivity contribution in [3.05, 3.63) is 199 Å². The molecule has 0 atom stereocenters. The zero-order chi connectivity index (χ0) is 37.1. The molecule has 0 aliphatic heterocycles. The second-order valence-corrected chi connectivity index (χ2v) is 16.1. The lowest BCUT2D eigenvalue weighted by Crippen LogP contribution is -2.16. The van der Waals surface area contributed by atoms with Crippen LogP contribution < -0.4 is 4.90 Å². The first-order valence-corrected chi connectivity index (χ1v) is 19.7. The molecule has 56 heavy (non-hydrogen) atoms. The van der Waals surface area contributed by atoms with E-state index in [9.17, 15) is 0 Å². The topological polar surface area (TPSA) is 3.24 Å². The summed E-state index contributed by atoms with van der Waals surface area (Å²) in [4.78, 5) is 2.52. The van der Waals surface area contributed by atoms with Gasteiger partial charge in [-0.2, -0.15) is 0 Å². The van der Waals surface area contributed by atoms with E-state index in [4.69, 9.17) is 0 Å². The molecule has 0 fully saturated rings. The third kappa shape index (κ3) is 4.31. The number of nitrogens with zero attached hydrogens (tertiary/aromatic N) is 1. The number of hydrogen-bond donors (Lipinski definition) is 0. The van der Waals surface area contributed by atoms with Gasteiger partial charge >= 0.3 is 0 Å². The molecule has 1 aliphatic rings. The van der Waals surface area contributed by atoms with Gasteiger partial charge in [0.2, 0.25) is 0 Å². The lowest BCUT2D eigenvalue weighted by molar-refractivity contribution is 0.660. The van der Waals surface area contributed by atoms with E-state index < -0.39 is 0 Å². The molecule has 0 saturated carbocycles. The van der Waals surface area contributed by atoms with Gasteiger partial charge in [-0.05, 0) is 123 Å². The quantitative estimate of drug-likeness (QED) is 0.164. The van der Waals surface area contributed by atoms with Gasteiger partial charge in [-0.3, -0.25) is 0 Å². The Kier molecular flexibility index (Phi) is 6.46. The van der Waals surface area contributed by atoms with Crippen molar-refractivity contribution >= 4 is 81.7 Å². The van der Waals surface area contributed by atoms with Crippen LogP contribution in [0, 0.1) is 0 Å². The van der Waals surface area contributed by atoms with Crippen molar-refractivity contribution in [1.29, 1.82) is 0 Å². The van der Waals surface area contributed by atoms with Gasteiger partial charge in [0.05, 0.1) is 5.69 Å². The molecule has 0 aromatic heterocycles. The molecule has 1 nitrogen and oxygen atoms in total. The summed E-state index contributed by atoms with van der Waals surface area (Å²) in [6, 6.07) is 70.4. The Bertz CT molecular complexity index is 3370. The van der Waals surface area contributed by atoms with Crippen molar-refractivity contribution in [2.24, 2.45) is 0 Å². The fraction of sp³-hybridized carbons (Fsp3) is 0.0545. The van der Waals surface area contributed by atoms with Crippen LogP contribution in [0.4, 0.5) is 17.1 Å². The molecule has 262 valence electrons. The summed E-state index contributed by atoms with van der Waals surface area (Å²) in [6.07, 6.45) is 0. The number of hydrogen-bond acceptors (Lipinski definition) is 1. The second-order valence-electron chi connectivity index (χ2n) is 16.1. The van der Waals surface area contributed by atoms with Gasteiger partial charge in [0.25, 0.3) is 0 Å². The number of rotatable bonds is 4. The highest BCUT2D eigenvalue weighted by atomic mass is 15.1.